The third kappa shape index (κ3) is 2.42. The third-order valence-corrected chi connectivity index (χ3v) is 6.98. The normalized spacial score (nSPS) is 42.2. The van der Waals surface area contributed by atoms with Crippen molar-refractivity contribution in [2.75, 3.05) is 0 Å². The molecule has 4 aliphatic rings. The summed E-state index contributed by atoms with van der Waals surface area (Å²) in [4.78, 5) is 0. The van der Waals surface area contributed by atoms with Crippen molar-refractivity contribution in [3.8, 4) is 0 Å². The molecule has 4 saturated carbocycles. The smallest absolute Gasteiger partial charge is 0.123 e. The van der Waals surface area contributed by atoms with Gasteiger partial charge in [-0.15, -0.1) is 11.6 Å². The van der Waals surface area contributed by atoms with E-state index in [0.29, 0.717) is 10.8 Å². The second-order valence-electron chi connectivity index (χ2n) is 8.44. The number of benzene rings is 1. The van der Waals surface area contributed by atoms with E-state index in [1.807, 2.05) is 6.07 Å². The quantitative estimate of drug-likeness (QED) is 0.639. The van der Waals surface area contributed by atoms with Crippen LogP contribution < -0.4 is 0 Å². The molecule has 0 amide bonds. The first kappa shape index (κ1) is 14.1. The monoisotopic (exact) mass is 306 g/mol. The molecule has 3 unspecified atom stereocenters. The summed E-state index contributed by atoms with van der Waals surface area (Å²) in [6, 6.07) is 6.98. The molecule has 114 valence electrons. The molecule has 21 heavy (non-hydrogen) atoms. The van der Waals surface area contributed by atoms with Crippen LogP contribution in [0.3, 0.4) is 0 Å². The lowest BCUT2D eigenvalue weighted by molar-refractivity contribution is -0.103. The van der Waals surface area contributed by atoms with Gasteiger partial charge in [-0.05, 0) is 85.3 Å². The fraction of sp³-hybridized carbons (Fsp3) is 0.684. The SMILES string of the molecule is CC12CC3CC(C1)CC(C(Cl)Cc1cccc(F)c1)(C3)C2. The molecule has 0 radical (unpaired) electrons. The molecule has 0 spiro atoms. The van der Waals surface area contributed by atoms with Crippen LogP contribution in [0.15, 0.2) is 24.3 Å². The number of rotatable bonds is 3. The topological polar surface area (TPSA) is 0 Å². The van der Waals surface area contributed by atoms with Gasteiger partial charge in [0.15, 0.2) is 0 Å². The van der Waals surface area contributed by atoms with Gasteiger partial charge in [0.1, 0.15) is 5.82 Å². The van der Waals surface area contributed by atoms with Crippen molar-refractivity contribution >= 4 is 11.6 Å². The predicted molar refractivity (Wildman–Crippen MR) is 85.0 cm³/mol. The van der Waals surface area contributed by atoms with Gasteiger partial charge in [0.25, 0.3) is 0 Å². The van der Waals surface area contributed by atoms with Gasteiger partial charge in [-0.1, -0.05) is 19.1 Å². The molecule has 5 rings (SSSR count). The molecule has 3 atom stereocenters. The van der Waals surface area contributed by atoms with Gasteiger partial charge in [-0.3, -0.25) is 0 Å². The molecule has 4 aliphatic carbocycles. The van der Waals surface area contributed by atoms with Gasteiger partial charge in [0.2, 0.25) is 0 Å². The van der Waals surface area contributed by atoms with E-state index in [1.54, 1.807) is 12.1 Å². The molecule has 0 aromatic heterocycles. The van der Waals surface area contributed by atoms with Crippen molar-refractivity contribution in [2.45, 2.75) is 57.2 Å². The maximum absolute atomic E-state index is 13.4. The van der Waals surface area contributed by atoms with Gasteiger partial charge < -0.3 is 0 Å². The summed E-state index contributed by atoms with van der Waals surface area (Å²) < 4.78 is 13.4. The van der Waals surface area contributed by atoms with E-state index in [9.17, 15) is 4.39 Å². The van der Waals surface area contributed by atoms with Crippen LogP contribution in [0, 0.1) is 28.5 Å². The Morgan fingerprint density at radius 2 is 1.95 bits per heavy atom. The molecule has 0 nitrogen and oxygen atoms in total. The Morgan fingerprint density at radius 3 is 2.57 bits per heavy atom. The van der Waals surface area contributed by atoms with Crippen LogP contribution in [-0.2, 0) is 6.42 Å². The Morgan fingerprint density at radius 1 is 1.24 bits per heavy atom. The average Bonchev–Trinajstić information content (AvgIpc) is 2.35. The maximum Gasteiger partial charge on any atom is 0.123 e. The molecule has 0 N–H and O–H groups in total. The molecule has 1 aromatic carbocycles. The van der Waals surface area contributed by atoms with Crippen molar-refractivity contribution in [3.63, 3.8) is 0 Å². The molecular weight excluding hydrogens is 283 g/mol. The zero-order valence-electron chi connectivity index (χ0n) is 12.7. The second kappa shape index (κ2) is 4.72. The lowest BCUT2D eigenvalue weighted by Gasteiger charge is -2.62. The van der Waals surface area contributed by atoms with Crippen molar-refractivity contribution < 1.29 is 4.39 Å². The second-order valence-corrected chi connectivity index (χ2v) is 8.96. The molecular formula is C19H24ClF. The lowest BCUT2D eigenvalue weighted by Crippen LogP contribution is -2.54. The van der Waals surface area contributed by atoms with Gasteiger partial charge in [-0.2, -0.15) is 0 Å². The van der Waals surface area contributed by atoms with Gasteiger partial charge in [0, 0.05) is 5.38 Å². The van der Waals surface area contributed by atoms with Crippen LogP contribution in [0.5, 0.6) is 0 Å². The van der Waals surface area contributed by atoms with Crippen molar-refractivity contribution in [2.24, 2.45) is 22.7 Å². The van der Waals surface area contributed by atoms with Crippen LogP contribution >= 0.6 is 11.6 Å². The number of hydrogen-bond acceptors (Lipinski definition) is 0. The summed E-state index contributed by atoms with van der Waals surface area (Å²) in [6.45, 7) is 2.48. The Kier molecular flexibility index (Phi) is 3.16. The summed E-state index contributed by atoms with van der Waals surface area (Å²) in [5.41, 5.74) is 1.89. The van der Waals surface area contributed by atoms with E-state index in [2.05, 4.69) is 6.92 Å². The van der Waals surface area contributed by atoms with E-state index in [0.717, 1.165) is 23.8 Å². The molecule has 2 heteroatoms. The average molecular weight is 307 g/mol. The van der Waals surface area contributed by atoms with Crippen LogP contribution in [0.4, 0.5) is 4.39 Å². The summed E-state index contributed by atoms with van der Waals surface area (Å²) in [6.07, 6.45) is 8.97. The van der Waals surface area contributed by atoms with Crippen molar-refractivity contribution in [1.82, 2.24) is 0 Å². The van der Waals surface area contributed by atoms with Crippen molar-refractivity contribution in [1.29, 1.82) is 0 Å². The first-order chi connectivity index (χ1) is 9.96. The Hall–Kier alpha value is -0.560. The van der Waals surface area contributed by atoms with Gasteiger partial charge >= 0.3 is 0 Å². The minimum absolute atomic E-state index is 0.145. The molecule has 0 aliphatic heterocycles. The largest absolute Gasteiger partial charge is 0.207 e. The first-order valence-corrected chi connectivity index (χ1v) is 8.79. The highest BCUT2D eigenvalue weighted by Gasteiger charge is 2.57. The van der Waals surface area contributed by atoms with E-state index in [4.69, 9.17) is 11.6 Å². The Bertz CT molecular complexity index is 538. The van der Waals surface area contributed by atoms with E-state index >= 15 is 0 Å². The minimum Gasteiger partial charge on any atom is -0.207 e. The van der Waals surface area contributed by atoms with E-state index in [-0.39, 0.29) is 11.2 Å². The summed E-state index contributed by atoms with van der Waals surface area (Å²) in [7, 11) is 0. The lowest BCUT2D eigenvalue weighted by atomic mass is 9.44. The van der Waals surface area contributed by atoms with Gasteiger partial charge in [-0.25, -0.2) is 4.39 Å². The maximum atomic E-state index is 13.4. The Balaban J connectivity index is 1.57. The highest BCUT2D eigenvalue weighted by molar-refractivity contribution is 6.21. The minimum atomic E-state index is -0.145. The molecule has 4 fully saturated rings. The predicted octanol–water partition coefficient (Wildman–Crippen LogP) is 5.58. The van der Waals surface area contributed by atoms with Crippen LogP contribution in [-0.4, -0.2) is 5.38 Å². The number of hydrogen-bond donors (Lipinski definition) is 0. The number of alkyl halides is 1. The van der Waals surface area contributed by atoms with Crippen LogP contribution in [0.25, 0.3) is 0 Å². The van der Waals surface area contributed by atoms with Crippen molar-refractivity contribution in [3.05, 3.63) is 35.6 Å². The molecule has 1 aromatic rings. The summed E-state index contributed by atoms with van der Waals surface area (Å²) in [5.74, 6) is 1.64. The molecule has 4 bridgehead atoms. The Labute approximate surface area is 132 Å². The third-order valence-electron chi connectivity index (χ3n) is 6.37. The van der Waals surface area contributed by atoms with Crippen LogP contribution in [0.1, 0.15) is 51.0 Å². The molecule has 0 saturated heterocycles. The van der Waals surface area contributed by atoms with E-state index < -0.39 is 0 Å². The zero-order valence-corrected chi connectivity index (χ0v) is 13.5. The van der Waals surface area contributed by atoms with E-state index in [1.165, 1.54) is 44.6 Å². The fourth-order valence-corrected chi connectivity index (χ4v) is 6.69. The van der Waals surface area contributed by atoms with Crippen LogP contribution in [0.2, 0.25) is 0 Å². The highest BCUT2D eigenvalue weighted by Crippen LogP contribution is 2.67. The molecule has 0 heterocycles. The first-order valence-electron chi connectivity index (χ1n) is 8.35. The zero-order chi connectivity index (χ0) is 14.7. The summed E-state index contributed by atoms with van der Waals surface area (Å²) >= 11 is 6.93. The number of halogens is 2. The standard InChI is InChI=1S/C19H24ClF/c1-18-8-14-5-15(9-18)11-19(10-14,12-18)17(20)7-13-3-2-4-16(21)6-13/h2-4,6,14-15,17H,5,7-12H2,1H3. The highest BCUT2D eigenvalue weighted by atomic mass is 35.5. The fourth-order valence-electron chi connectivity index (χ4n) is 6.25. The van der Waals surface area contributed by atoms with Gasteiger partial charge in [0.05, 0.1) is 0 Å². The summed E-state index contributed by atoms with van der Waals surface area (Å²) in [5, 5.41) is 0.157.